The lowest BCUT2D eigenvalue weighted by molar-refractivity contribution is -0.138. The molecule has 1 fully saturated rings. The van der Waals surface area contributed by atoms with Crippen LogP contribution in [0, 0.1) is 17.8 Å². The van der Waals surface area contributed by atoms with E-state index in [2.05, 4.69) is 60.6 Å². The lowest BCUT2D eigenvalue weighted by atomic mass is 9.72. The Kier molecular flexibility index (Phi) is 7.73. The zero-order valence-electron chi connectivity index (χ0n) is 22.2. The summed E-state index contributed by atoms with van der Waals surface area (Å²) in [6.07, 6.45) is 14.2. The number of rotatable bonds is 7. The summed E-state index contributed by atoms with van der Waals surface area (Å²) in [7, 11) is 0. The second kappa shape index (κ2) is 11.3. The summed E-state index contributed by atoms with van der Waals surface area (Å²) in [5, 5.41) is 13.0. The number of carbonyl (C=O) groups is 2. The van der Waals surface area contributed by atoms with E-state index in [4.69, 9.17) is 5.11 Å². The highest BCUT2D eigenvalue weighted by Crippen LogP contribution is 2.39. The summed E-state index contributed by atoms with van der Waals surface area (Å²) in [5.41, 5.74) is 5.67. The van der Waals surface area contributed by atoms with Crippen molar-refractivity contribution in [1.29, 1.82) is 0 Å². The van der Waals surface area contributed by atoms with Crippen LogP contribution in [0.25, 0.3) is 16.5 Å². The number of aliphatic carboxylic acids is 1. The molecule has 1 saturated carbocycles. The van der Waals surface area contributed by atoms with E-state index in [0.29, 0.717) is 35.7 Å². The maximum Gasteiger partial charge on any atom is 0.303 e. The van der Waals surface area contributed by atoms with Gasteiger partial charge >= 0.3 is 5.97 Å². The average molecular weight is 509 g/mol. The minimum atomic E-state index is -0.673. The van der Waals surface area contributed by atoms with Crippen molar-refractivity contribution in [3.63, 3.8) is 0 Å². The average Bonchev–Trinajstić information content (AvgIpc) is 2.93. The van der Waals surface area contributed by atoms with E-state index in [0.717, 1.165) is 59.8 Å². The van der Waals surface area contributed by atoms with Crippen LogP contribution in [0.4, 0.5) is 5.69 Å². The number of nitrogens with one attached hydrogen (secondary N) is 1. The number of nitrogens with zero attached hydrogens (tertiary/aromatic N) is 1. The quantitative estimate of drug-likeness (QED) is 0.341. The summed E-state index contributed by atoms with van der Waals surface area (Å²) >= 11 is 0. The Morgan fingerprint density at radius 1 is 1.05 bits per heavy atom. The predicted octanol–water partition coefficient (Wildman–Crippen LogP) is 7.85. The molecule has 0 unspecified atom stereocenters. The molecule has 2 aliphatic carbocycles. The van der Waals surface area contributed by atoms with Gasteiger partial charge in [0.2, 0.25) is 0 Å². The Hall–Kier alpha value is -3.73. The SMILES string of the molecule is CC(C)c1ccccc1NC(=O)c1ccnc2cc(C3=CC[C@@H](C4CCC(CC(=O)O)CC4)C=C3)ccc12. The number of amides is 1. The van der Waals surface area contributed by atoms with Gasteiger partial charge in [-0.2, -0.15) is 0 Å². The zero-order valence-corrected chi connectivity index (χ0v) is 22.2. The van der Waals surface area contributed by atoms with Crippen LogP contribution in [0.15, 0.2) is 73.0 Å². The lowest BCUT2D eigenvalue weighted by Crippen LogP contribution is -2.22. The molecule has 1 amide bonds. The molecule has 1 atom stereocenters. The van der Waals surface area contributed by atoms with Gasteiger partial charge in [-0.1, -0.05) is 62.4 Å². The van der Waals surface area contributed by atoms with Crippen LogP contribution in [-0.2, 0) is 4.79 Å². The Bertz CT molecular complexity index is 1400. The number of hydrogen-bond acceptors (Lipinski definition) is 3. The molecule has 2 aromatic carbocycles. The van der Waals surface area contributed by atoms with Crippen LogP contribution >= 0.6 is 0 Å². The number of carboxylic acid groups (broad SMARTS) is 1. The van der Waals surface area contributed by atoms with Crippen LogP contribution in [0.2, 0.25) is 0 Å². The van der Waals surface area contributed by atoms with Crippen molar-refractivity contribution in [1.82, 2.24) is 4.98 Å². The molecule has 2 aliphatic rings. The molecule has 1 aromatic heterocycles. The molecule has 0 saturated heterocycles. The van der Waals surface area contributed by atoms with E-state index in [1.54, 1.807) is 12.3 Å². The third kappa shape index (κ3) is 5.72. The van der Waals surface area contributed by atoms with E-state index < -0.39 is 5.97 Å². The maximum absolute atomic E-state index is 13.3. The molecule has 38 heavy (non-hydrogen) atoms. The van der Waals surface area contributed by atoms with Crippen molar-refractivity contribution in [3.8, 4) is 0 Å². The molecule has 0 aliphatic heterocycles. The summed E-state index contributed by atoms with van der Waals surface area (Å²) < 4.78 is 0. The van der Waals surface area contributed by atoms with Crippen molar-refractivity contribution in [2.75, 3.05) is 5.32 Å². The number of aromatic nitrogens is 1. The van der Waals surface area contributed by atoms with Crippen LogP contribution in [0.5, 0.6) is 0 Å². The maximum atomic E-state index is 13.3. The van der Waals surface area contributed by atoms with Gasteiger partial charge in [-0.15, -0.1) is 0 Å². The Balaban J connectivity index is 1.28. The molecule has 0 spiro atoms. The van der Waals surface area contributed by atoms with E-state index in [-0.39, 0.29) is 5.91 Å². The van der Waals surface area contributed by atoms with Crippen LogP contribution in [0.3, 0.4) is 0 Å². The summed E-state index contributed by atoms with van der Waals surface area (Å²) in [6.45, 7) is 4.25. The highest BCUT2D eigenvalue weighted by atomic mass is 16.4. The second-order valence-electron chi connectivity index (χ2n) is 11.1. The highest BCUT2D eigenvalue weighted by molar-refractivity contribution is 6.12. The Labute approximate surface area is 224 Å². The summed E-state index contributed by atoms with van der Waals surface area (Å²) in [4.78, 5) is 28.9. The first-order valence-electron chi connectivity index (χ1n) is 13.8. The van der Waals surface area contributed by atoms with Gasteiger partial charge in [0.25, 0.3) is 5.91 Å². The second-order valence-corrected chi connectivity index (χ2v) is 11.1. The van der Waals surface area contributed by atoms with Gasteiger partial charge in [-0.3, -0.25) is 14.6 Å². The largest absolute Gasteiger partial charge is 0.481 e. The standard InChI is InChI=1S/C33H36N2O3/c1-21(2)27-5-3-4-6-30(27)35-33(38)29-17-18-34-31-20-26(15-16-28(29)31)25-13-11-24(12-14-25)23-9-7-22(8-10-23)19-32(36)37/h3-6,11,13-18,20-24H,7-10,12,19H2,1-2H3,(H,35,38)(H,36,37)/t22?,23?,24-/m0/s1. The minimum absolute atomic E-state index is 0.129. The molecule has 5 rings (SSSR count). The number of carbonyl (C=O) groups excluding carboxylic acids is 1. The molecule has 5 heteroatoms. The first-order valence-corrected chi connectivity index (χ1v) is 13.8. The Morgan fingerprint density at radius 2 is 1.84 bits per heavy atom. The van der Waals surface area contributed by atoms with Crippen molar-refractivity contribution < 1.29 is 14.7 Å². The number of allylic oxidation sites excluding steroid dienone is 4. The number of para-hydroxylation sites is 1. The van der Waals surface area contributed by atoms with Crippen molar-refractivity contribution in [2.45, 2.75) is 58.3 Å². The number of carboxylic acids is 1. The highest BCUT2D eigenvalue weighted by Gasteiger charge is 2.28. The molecule has 3 aromatic rings. The van der Waals surface area contributed by atoms with Crippen LogP contribution < -0.4 is 5.32 Å². The smallest absolute Gasteiger partial charge is 0.303 e. The lowest BCUT2D eigenvalue weighted by Gasteiger charge is -2.33. The van der Waals surface area contributed by atoms with Gasteiger partial charge in [0.15, 0.2) is 0 Å². The molecule has 0 bridgehead atoms. The fourth-order valence-electron chi connectivity index (χ4n) is 6.10. The van der Waals surface area contributed by atoms with Gasteiger partial charge in [0, 0.05) is 23.7 Å². The van der Waals surface area contributed by atoms with Gasteiger partial charge in [-0.05, 0) is 90.7 Å². The molecular formula is C33H36N2O3. The van der Waals surface area contributed by atoms with E-state index in [1.165, 1.54) is 5.57 Å². The third-order valence-corrected chi connectivity index (χ3v) is 8.24. The molecule has 196 valence electrons. The molecule has 2 N–H and O–H groups in total. The first kappa shape index (κ1) is 25.9. The fraction of sp³-hybridized carbons (Fsp3) is 0.364. The molecule has 1 heterocycles. The number of anilines is 1. The number of benzene rings is 2. The number of pyridine rings is 1. The minimum Gasteiger partial charge on any atom is -0.481 e. The topological polar surface area (TPSA) is 79.3 Å². The van der Waals surface area contributed by atoms with E-state index >= 15 is 0 Å². The molecule has 0 radical (unpaired) electrons. The van der Waals surface area contributed by atoms with Gasteiger partial charge in [-0.25, -0.2) is 0 Å². The normalized spacial score (nSPS) is 21.3. The van der Waals surface area contributed by atoms with Crippen LogP contribution in [0.1, 0.15) is 79.8 Å². The van der Waals surface area contributed by atoms with Crippen molar-refractivity contribution in [2.24, 2.45) is 17.8 Å². The van der Waals surface area contributed by atoms with Gasteiger partial charge < -0.3 is 10.4 Å². The van der Waals surface area contributed by atoms with Gasteiger partial charge in [0.05, 0.1) is 11.1 Å². The molecule has 5 nitrogen and oxygen atoms in total. The van der Waals surface area contributed by atoms with E-state index in [1.807, 2.05) is 24.3 Å². The number of hydrogen-bond donors (Lipinski definition) is 2. The van der Waals surface area contributed by atoms with Crippen molar-refractivity contribution >= 4 is 34.0 Å². The fourth-order valence-corrected chi connectivity index (χ4v) is 6.10. The number of fused-ring (bicyclic) bond motifs is 1. The molecular weight excluding hydrogens is 472 g/mol. The summed E-state index contributed by atoms with van der Waals surface area (Å²) in [6, 6.07) is 15.9. The predicted molar refractivity (Wildman–Crippen MR) is 153 cm³/mol. The van der Waals surface area contributed by atoms with Crippen LogP contribution in [-0.4, -0.2) is 22.0 Å². The van der Waals surface area contributed by atoms with Crippen molar-refractivity contribution in [3.05, 3.63) is 89.6 Å². The van der Waals surface area contributed by atoms with E-state index in [9.17, 15) is 9.59 Å². The first-order chi connectivity index (χ1) is 18.4. The Morgan fingerprint density at radius 3 is 2.55 bits per heavy atom. The monoisotopic (exact) mass is 508 g/mol. The summed E-state index contributed by atoms with van der Waals surface area (Å²) in [5.74, 6) is 1.00. The third-order valence-electron chi connectivity index (χ3n) is 8.24. The zero-order chi connectivity index (χ0) is 26.6. The van der Waals surface area contributed by atoms with Gasteiger partial charge in [0.1, 0.15) is 0 Å².